The zero-order valence-electron chi connectivity index (χ0n) is 7.63. The Morgan fingerprint density at radius 2 is 2.54 bits per heavy atom. The summed E-state index contributed by atoms with van der Waals surface area (Å²) in [4.78, 5) is 11.1. The van der Waals surface area contributed by atoms with Crippen molar-refractivity contribution in [1.29, 1.82) is 0 Å². The molecule has 2 aliphatic rings. The Labute approximate surface area is 77.0 Å². The molecule has 1 heterocycles. The Morgan fingerprint density at radius 1 is 1.85 bits per heavy atom. The Balaban J connectivity index is 1.77. The van der Waals surface area contributed by atoms with Crippen LogP contribution in [-0.2, 0) is 14.3 Å². The van der Waals surface area contributed by atoms with E-state index in [-0.39, 0.29) is 11.6 Å². The molecule has 0 spiro atoms. The maximum absolute atomic E-state index is 11.1. The Hall–Kier alpha value is -1.05. The van der Waals surface area contributed by atoms with Gasteiger partial charge in [-0.05, 0) is 6.42 Å². The van der Waals surface area contributed by atoms with E-state index in [2.05, 4.69) is 5.73 Å². The summed E-state index contributed by atoms with van der Waals surface area (Å²) < 4.78 is 10.5. The summed E-state index contributed by atoms with van der Waals surface area (Å²) >= 11 is 0. The van der Waals surface area contributed by atoms with Gasteiger partial charge in [-0.15, -0.1) is 5.73 Å². The number of esters is 1. The number of ether oxygens (including phenoxy) is 2. The lowest BCUT2D eigenvalue weighted by molar-refractivity contribution is -0.187. The molecule has 2 rings (SSSR count). The van der Waals surface area contributed by atoms with E-state index in [9.17, 15) is 4.79 Å². The fourth-order valence-electron chi connectivity index (χ4n) is 1.31. The van der Waals surface area contributed by atoms with Crippen molar-refractivity contribution in [3.8, 4) is 0 Å². The van der Waals surface area contributed by atoms with Gasteiger partial charge in [0.2, 0.25) is 0 Å². The van der Waals surface area contributed by atoms with Crippen LogP contribution in [0.25, 0.3) is 0 Å². The number of hydrogen-bond acceptors (Lipinski definition) is 3. The lowest BCUT2D eigenvalue weighted by atomic mass is 9.93. The second kappa shape index (κ2) is 3.02. The summed E-state index contributed by atoms with van der Waals surface area (Å²) in [6.07, 6.45) is 3.51. The number of carbonyl (C=O) groups is 1. The van der Waals surface area contributed by atoms with E-state index in [1.807, 2.05) is 6.92 Å². The Bertz CT molecular complexity index is 288. The van der Waals surface area contributed by atoms with Gasteiger partial charge < -0.3 is 9.47 Å². The zero-order valence-corrected chi connectivity index (χ0v) is 7.63. The van der Waals surface area contributed by atoms with Crippen molar-refractivity contribution in [2.75, 3.05) is 13.2 Å². The van der Waals surface area contributed by atoms with E-state index < -0.39 is 0 Å². The van der Waals surface area contributed by atoms with Gasteiger partial charge in [0.1, 0.15) is 17.8 Å². The summed E-state index contributed by atoms with van der Waals surface area (Å²) in [6.45, 7) is 3.20. The average Bonchev–Trinajstić information content (AvgIpc) is 2.85. The minimum Gasteiger partial charge on any atom is -0.459 e. The summed E-state index contributed by atoms with van der Waals surface area (Å²) in [7, 11) is 0. The molecule has 3 heteroatoms. The minimum absolute atomic E-state index is 0.189. The molecule has 1 aliphatic heterocycles. The molecule has 70 valence electrons. The fourth-order valence-corrected chi connectivity index (χ4v) is 1.31. The number of hydrogen-bond donors (Lipinski definition) is 0. The molecular formula is C10H12O3. The van der Waals surface area contributed by atoms with Gasteiger partial charge in [-0.1, -0.05) is 6.92 Å². The highest BCUT2D eigenvalue weighted by molar-refractivity contribution is 5.95. The third-order valence-electron chi connectivity index (χ3n) is 2.59. The molecule has 3 nitrogen and oxygen atoms in total. The lowest BCUT2D eigenvalue weighted by Crippen LogP contribution is -2.47. The molecule has 0 saturated carbocycles. The van der Waals surface area contributed by atoms with Crippen molar-refractivity contribution in [2.45, 2.75) is 25.4 Å². The molecule has 1 unspecified atom stereocenters. The molecule has 0 amide bonds. The molecule has 0 aromatic carbocycles. The van der Waals surface area contributed by atoms with Crippen LogP contribution in [0.5, 0.6) is 0 Å². The highest BCUT2D eigenvalue weighted by atomic mass is 16.6. The van der Waals surface area contributed by atoms with Gasteiger partial charge in [-0.25, -0.2) is 4.79 Å². The van der Waals surface area contributed by atoms with Crippen LogP contribution in [0.2, 0.25) is 0 Å². The highest BCUT2D eigenvalue weighted by Crippen LogP contribution is 2.30. The summed E-state index contributed by atoms with van der Waals surface area (Å²) in [5.41, 5.74) is 3.07. The number of rotatable bonds is 4. The summed E-state index contributed by atoms with van der Waals surface area (Å²) in [6, 6.07) is 0. The first kappa shape index (κ1) is 8.54. The first-order valence-corrected chi connectivity index (χ1v) is 4.53. The van der Waals surface area contributed by atoms with Crippen LogP contribution in [0.3, 0.4) is 0 Å². The van der Waals surface area contributed by atoms with Gasteiger partial charge in [0.25, 0.3) is 0 Å². The van der Waals surface area contributed by atoms with Crippen molar-refractivity contribution >= 4 is 5.97 Å². The van der Waals surface area contributed by atoms with Gasteiger partial charge in [0, 0.05) is 12.5 Å². The minimum atomic E-state index is -0.275. The van der Waals surface area contributed by atoms with Gasteiger partial charge in [0.15, 0.2) is 0 Å². The van der Waals surface area contributed by atoms with E-state index >= 15 is 0 Å². The molecular weight excluding hydrogens is 168 g/mol. The van der Waals surface area contributed by atoms with Crippen molar-refractivity contribution in [3.63, 3.8) is 0 Å². The topological polar surface area (TPSA) is 35.5 Å². The smallest absolute Gasteiger partial charge is 0.346 e. The van der Waals surface area contributed by atoms with Crippen molar-refractivity contribution in [2.24, 2.45) is 0 Å². The quantitative estimate of drug-likeness (QED) is 0.481. The first-order valence-electron chi connectivity index (χ1n) is 4.53. The molecule has 0 aromatic rings. The predicted molar refractivity (Wildman–Crippen MR) is 46.1 cm³/mol. The van der Waals surface area contributed by atoms with E-state index in [0.717, 1.165) is 19.4 Å². The third kappa shape index (κ3) is 1.67. The molecule has 0 bridgehead atoms. The van der Waals surface area contributed by atoms with Gasteiger partial charge in [0.05, 0.1) is 6.61 Å². The lowest BCUT2D eigenvalue weighted by Gasteiger charge is -2.40. The van der Waals surface area contributed by atoms with Crippen LogP contribution in [0, 0.1) is 0 Å². The van der Waals surface area contributed by atoms with E-state index in [4.69, 9.17) is 9.47 Å². The second-order valence-electron chi connectivity index (χ2n) is 3.41. The molecule has 1 fully saturated rings. The standard InChI is InChI=1S/C10H12O3/c1-2-10(5-6-13-10)7-12-9(11)8-3-4-8/h3H,2,5-7H2,1H3. The number of carbonyl (C=O) groups excluding carboxylic acids is 1. The van der Waals surface area contributed by atoms with Crippen LogP contribution < -0.4 is 0 Å². The highest BCUT2D eigenvalue weighted by Gasteiger charge is 2.38. The molecule has 1 saturated heterocycles. The van der Waals surface area contributed by atoms with E-state index in [0.29, 0.717) is 12.2 Å². The average molecular weight is 180 g/mol. The van der Waals surface area contributed by atoms with Crippen LogP contribution in [0.1, 0.15) is 19.8 Å². The summed E-state index contributed by atoms with van der Waals surface area (Å²) in [5, 5.41) is 0. The van der Waals surface area contributed by atoms with Gasteiger partial charge >= 0.3 is 5.97 Å². The van der Waals surface area contributed by atoms with E-state index in [1.54, 1.807) is 6.08 Å². The van der Waals surface area contributed by atoms with Crippen LogP contribution >= 0.6 is 0 Å². The van der Waals surface area contributed by atoms with Crippen molar-refractivity contribution < 1.29 is 14.3 Å². The third-order valence-corrected chi connectivity index (χ3v) is 2.59. The summed E-state index contributed by atoms with van der Waals surface area (Å²) in [5.74, 6) is -0.275. The second-order valence-corrected chi connectivity index (χ2v) is 3.41. The first-order chi connectivity index (χ1) is 6.26. The van der Waals surface area contributed by atoms with Crippen molar-refractivity contribution in [1.82, 2.24) is 0 Å². The van der Waals surface area contributed by atoms with Crippen LogP contribution in [0.15, 0.2) is 17.4 Å². The maximum atomic E-state index is 11.1. The monoisotopic (exact) mass is 180 g/mol. The molecule has 0 N–H and O–H groups in total. The SMILES string of the molecule is CCC1(COC(=O)C2=C=C2)CCO1. The Morgan fingerprint density at radius 3 is 2.92 bits per heavy atom. The predicted octanol–water partition coefficient (Wildman–Crippen LogP) is 1.19. The van der Waals surface area contributed by atoms with Gasteiger partial charge in [-0.3, -0.25) is 0 Å². The van der Waals surface area contributed by atoms with E-state index in [1.165, 1.54) is 0 Å². The molecule has 13 heavy (non-hydrogen) atoms. The molecule has 0 radical (unpaired) electrons. The van der Waals surface area contributed by atoms with Crippen LogP contribution in [0.4, 0.5) is 0 Å². The molecule has 1 aliphatic carbocycles. The molecule has 0 aromatic heterocycles. The largest absolute Gasteiger partial charge is 0.459 e. The Kier molecular flexibility index (Phi) is 1.98. The van der Waals surface area contributed by atoms with Gasteiger partial charge in [-0.2, -0.15) is 0 Å². The van der Waals surface area contributed by atoms with Crippen LogP contribution in [-0.4, -0.2) is 24.8 Å². The molecule has 1 atom stereocenters. The normalized spacial score (nSPS) is 29.2. The zero-order chi connectivity index (χ0) is 9.31. The van der Waals surface area contributed by atoms with Crippen molar-refractivity contribution in [3.05, 3.63) is 17.4 Å². The maximum Gasteiger partial charge on any atom is 0.346 e. The fraction of sp³-hybridized carbons (Fsp3) is 0.600.